The van der Waals surface area contributed by atoms with Crippen LogP contribution in [0.2, 0.25) is 0 Å². The van der Waals surface area contributed by atoms with Gasteiger partial charge in [-0.15, -0.1) is 0 Å². The van der Waals surface area contributed by atoms with E-state index in [4.69, 9.17) is 5.73 Å². The standard InChI is InChI=1S/C7H12F3N/c1-6(2)4(3-11)5(6)7(8,9)10/h4-5H,3,11H2,1-2H3. The predicted molar refractivity (Wildman–Crippen MR) is 35.9 cm³/mol. The Kier molecular flexibility index (Phi) is 1.71. The van der Waals surface area contributed by atoms with Crippen LogP contribution < -0.4 is 5.73 Å². The number of hydrogen-bond donors (Lipinski definition) is 1. The summed E-state index contributed by atoms with van der Waals surface area (Å²) in [4.78, 5) is 0. The van der Waals surface area contributed by atoms with Gasteiger partial charge >= 0.3 is 6.18 Å². The van der Waals surface area contributed by atoms with E-state index in [2.05, 4.69) is 0 Å². The van der Waals surface area contributed by atoms with Crippen molar-refractivity contribution in [2.75, 3.05) is 6.54 Å². The summed E-state index contributed by atoms with van der Waals surface area (Å²) < 4.78 is 36.4. The second kappa shape index (κ2) is 2.12. The van der Waals surface area contributed by atoms with Crippen LogP contribution in [0.1, 0.15) is 13.8 Å². The van der Waals surface area contributed by atoms with Gasteiger partial charge in [0.2, 0.25) is 0 Å². The molecular formula is C7H12F3N. The molecule has 2 unspecified atom stereocenters. The average Bonchev–Trinajstić information content (AvgIpc) is 2.31. The molecule has 1 aliphatic carbocycles. The highest BCUT2D eigenvalue weighted by Crippen LogP contribution is 2.64. The molecule has 0 saturated heterocycles. The normalized spacial score (nSPS) is 35.5. The molecule has 0 aromatic heterocycles. The molecule has 0 aromatic carbocycles. The lowest BCUT2D eigenvalue weighted by molar-refractivity contribution is -0.157. The minimum Gasteiger partial charge on any atom is -0.330 e. The van der Waals surface area contributed by atoms with Gasteiger partial charge in [0, 0.05) is 0 Å². The van der Waals surface area contributed by atoms with Crippen molar-refractivity contribution in [1.82, 2.24) is 0 Å². The van der Waals surface area contributed by atoms with Crippen LogP contribution in [-0.4, -0.2) is 12.7 Å². The molecule has 66 valence electrons. The molecule has 2 atom stereocenters. The molecule has 0 aromatic rings. The summed E-state index contributed by atoms with van der Waals surface area (Å²) in [5.41, 5.74) is 4.56. The Bertz CT molecular complexity index is 162. The lowest BCUT2D eigenvalue weighted by Gasteiger charge is -2.06. The van der Waals surface area contributed by atoms with E-state index in [1.807, 2.05) is 0 Å². The van der Waals surface area contributed by atoms with Gasteiger partial charge in [-0.05, 0) is 17.9 Å². The zero-order valence-electron chi connectivity index (χ0n) is 6.57. The number of hydrogen-bond acceptors (Lipinski definition) is 1. The smallest absolute Gasteiger partial charge is 0.330 e. The molecule has 4 heteroatoms. The van der Waals surface area contributed by atoms with Crippen molar-refractivity contribution in [2.45, 2.75) is 20.0 Å². The Morgan fingerprint density at radius 1 is 1.36 bits per heavy atom. The van der Waals surface area contributed by atoms with Crippen molar-refractivity contribution in [2.24, 2.45) is 23.0 Å². The Balaban J connectivity index is 2.66. The van der Waals surface area contributed by atoms with Gasteiger partial charge in [0.1, 0.15) is 0 Å². The molecule has 11 heavy (non-hydrogen) atoms. The van der Waals surface area contributed by atoms with Crippen LogP contribution in [0.5, 0.6) is 0 Å². The highest BCUT2D eigenvalue weighted by Gasteiger charge is 2.68. The summed E-state index contributed by atoms with van der Waals surface area (Å²) in [5, 5.41) is 0. The first-order chi connectivity index (χ1) is 4.81. The van der Waals surface area contributed by atoms with Crippen molar-refractivity contribution in [3.05, 3.63) is 0 Å². The van der Waals surface area contributed by atoms with Gasteiger partial charge in [-0.3, -0.25) is 0 Å². The van der Waals surface area contributed by atoms with Crippen LogP contribution in [0.3, 0.4) is 0 Å². The molecular weight excluding hydrogens is 155 g/mol. The van der Waals surface area contributed by atoms with Gasteiger partial charge in [0.25, 0.3) is 0 Å². The molecule has 1 aliphatic rings. The van der Waals surface area contributed by atoms with Crippen molar-refractivity contribution in [1.29, 1.82) is 0 Å². The van der Waals surface area contributed by atoms with Crippen molar-refractivity contribution in [3.8, 4) is 0 Å². The van der Waals surface area contributed by atoms with E-state index in [1.165, 1.54) is 0 Å². The third kappa shape index (κ3) is 1.24. The maximum absolute atomic E-state index is 12.1. The van der Waals surface area contributed by atoms with E-state index < -0.39 is 17.5 Å². The molecule has 2 N–H and O–H groups in total. The minimum absolute atomic E-state index is 0.136. The summed E-state index contributed by atoms with van der Waals surface area (Å²) in [6.45, 7) is 3.36. The number of rotatable bonds is 1. The number of alkyl halides is 3. The largest absolute Gasteiger partial charge is 0.392 e. The van der Waals surface area contributed by atoms with Crippen molar-refractivity contribution >= 4 is 0 Å². The quantitative estimate of drug-likeness (QED) is 0.633. The molecule has 0 bridgehead atoms. The monoisotopic (exact) mass is 167 g/mol. The SMILES string of the molecule is CC1(C)C(CN)C1C(F)(F)F. The van der Waals surface area contributed by atoms with Crippen molar-refractivity contribution < 1.29 is 13.2 Å². The molecule has 1 nitrogen and oxygen atoms in total. The third-order valence-electron chi connectivity index (χ3n) is 2.66. The van der Waals surface area contributed by atoms with Crippen LogP contribution in [0, 0.1) is 17.3 Å². The van der Waals surface area contributed by atoms with E-state index in [1.54, 1.807) is 13.8 Å². The summed E-state index contributed by atoms with van der Waals surface area (Å²) in [6.07, 6.45) is -4.06. The first-order valence-corrected chi connectivity index (χ1v) is 3.58. The molecule has 1 rings (SSSR count). The maximum Gasteiger partial charge on any atom is 0.392 e. The molecule has 0 heterocycles. The molecule has 1 saturated carbocycles. The third-order valence-corrected chi connectivity index (χ3v) is 2.66. The van der Waals surface area contributed by atoms with E-state index in [9.17, 15) is 13.2 Å². The molecule has 0 amide bonds. The predicted octanol–water partition coefficient (Wildman–Crippen LogP) is 1.78. The molecule has 0 radical (unpaired) electrons. The minimum atomic E-state index is -4.06. The van der Waals surface area contributed by atoms with Crippen LogP contribution in [-0.2, 0) is 0 Å². The highest BCUT2D eigenvalue weighted by molar-refractivity contribution is 5.08. The molecule has 0 spiro atoms. The van der Waals surface area contributed by atoms with Gasteiger partial charge in [-0.1, -0.05) is 13.8 Å². The number of halogens is 3. The summed E-state index contributed by atoms with van der Waals surface area (Å²) in [5.74, 6) is -1.55. The van der Waals surface area contributed by atoms with Crippen molar-refractivity contribution in [3.63, 3.8) is 0 Å². The Labute approximate surface area is 63.8 Å². The highest BCUT2D eigenvalue weighted by atomic mass is 19.4. The van der Waals surface area contributed by atoms with E-state index in [-0.39, 0.29) is 12.5 Å². The van der Waals surface area contributed by atoms with Gasteiger partial charge < -0.3 is 5.73 Å². The van der Waals surface area contributed by atoms with E-state index in [0.29, 0.717) is 0 Å². The lowest BCUT2D eigenvalue weighted by Crippen LogP contribution is -2.16. The zero-order valence-corrected chi connectivity index (χ0v) is 6.57. The maximum atomic E-state index is 12.1. The summed E-state index contributed by atoms with van der Waals surface area (Å²) in [7, 11) is 0. The second-order valence-electron chi connectivity index (χ2n) is 3.68. The molecule has 1 fully saturated rings. The van der Waals surface area contributed by atoms with Gasteiger partial charge in [0.15, 0.2) is 0 Å². The van der Waals surface area contributed by atoms with Crippen LogP contribution in [0.4, 0.5) is 13.2 Å². The summed E-state index contributed by atoms with van der Waals surface area (Å²) in [6, 6.07) is 0. The fraction of sp³-hybridized carbons (Fsp3) is 1.00. The van der Waals surface area contributed by atoms with Crippen LogP contribution in [0.15, 0.2) is 0 Å². The topological polar surface area (TPSA) is 26.0 Å². The average molecular weight is 167 g/mol. The first kappa shape index (κ1) is 8.84. The van der Waals surface area contributed by atoms with E-state index >= 15 is 0 Å². The van der Waals surface area contributed by atoms with Gasteiger partial charge in [-0.25, -0.2) is 0 Å². The fourth-order valence-corrected chi connectivity index (χ4v) is 1.83. The Hall–Kier alpha value is -0.250. The molecule has 0 aliphatic heterocycles. The zero-order chi connectivity index (χ0) is 8.86. The Morgan fingerprint density at radius 3 is 1.91 bits per heavy atom. The summed E-state index contributed by atoms with van der Waals surface area (Å²) >= 11 is 0. The Morgan fingerprint density at radius 2 is 1.82 bits per heavy atom. The van der Waals surface area contributed by atoms with Crippen LogP contribution >= 0.6 is 0 Å². The van der Waals surface area contributed by atoms with E-state index in [0.717, 1.165) is 0 Å². The lowest BCUT2D eigenvalue weighted by atomic mass is 10.1. The fourth-order valence-electron chi connectivity index (χ4n) is 1.83. The first-order valence-electron chi connectivity index (χ1n) is 3.58. The second-order valence-corrected chi connectivity index (χ2v) is 3.68. The van der Waals surface area contributed by atoms with Crippen LogP contribution in [0.25, 0.3) is 0 Å². The number of nitrogens with two attached hydrogens (primary N) is 1. The van der Waals surface area contributed by atoms with Gasteiger partial charge in [-0.2, -0.15) is 13.2 Å². The van der Waals surface area contributed by atoms with Gasteiger partial charge in [0.05, 0.1) is 5.92 Å².